The molecule has 2 rings (SSSR count). The molecule has 0 heterocycles. The van der Waals surface area contributed by atoms with Crippen molar-refractivity contribution in [1.82, 2.24) is 0 Å². The lowest BCUT2D eigenvalue weighted by Crippen LogP contribution is -2.21. The number of nitrogens with zero attached hydrogens (tertiary/aromatic N) is 1. The third-order valence-corrected chi connectivity index (χ3v) is 4.88. The first-order valence-electron chi connectivity index (χ1n) is 6.61. The van der Waals surface area contributed by atoms with Crippen LogP contribution < -0.4 is 0 Å². The van der Waals surface area contributed by atoms with E-state index in [0.717, 1.165) is 0 Å². The fraction of sp³-hybridized carbons (Fsp3) is 0.533. The zero-order chi connectivity index (χ0) is 15.1. The van der Waals surface area contributed by atoms with E-state index in [2.05, 4.69) is 4.40 Å². The van der Waals surface area contributed by atoms with Crippen LogP contribution in [0.15, 0.2) is 22.6 Å². The van der Waals surface area contributed by atoms with E-state index in [4.69, 9.17) is 0 Å². The molecule has 0 spiro atoms. The van der Waals surface area contributed by atoms with Gasteiger partial charge in [-0.2, -0.15) is 4.40 Å². The van der Waals surface area contributed by atoms with E-state index < -0.39 is 21.7 Å². The maximum absolute atomic E-state index is 13.7. The van der Waals surface area contributed by atoms with Crippen molar-refractivity contribution in [3.05, 3.63) is 34.9 Å². The molecule has 0 aromatic heterocycles. The van der Waals surface area contributed by atoms with Crippen molar-refractivity contribution in [2.45, 2.75) is 51.2 Å². The van der Waals surface area contributed by atoms with Crippen LogP contribution in [0.1, 0.15) is 50.8 Å². The molecule has 0 saturated heterocycles. The first-order valence-corrected chi connectivity index (χ1v) is 7.71. The number of rotatable bonds is 2. The zero-order valence-electron chi connectivity index (χ0n) is 12.2. The molecule has 1 aromatic rings. The Morgan fingerprint density at radius 2 is 2.00 bits per heavy atom. The van der Waals surface area contributed by atoms with Crippen LogP contribution in [0, 0.1) is 0 Å². The van der Waals surface area contributed by atoms with E-state index in [1.54, 1.807) is 19.1 Å². The van der Waals surface area contributed by atoms with E-state index in [1.807, 2.05) is 20.8 Å². The molecule has 0 fully saturated rings. The predicted molar refractivity (Wildman–Crippen MR) is 78.8 cm³/mol. The van der Waals surface area contributed by atoms with Crippen LogP contribution in [0.3, 0.4) is 0 Å². The summed E-state index contributed by atoms with van der Waals surface area (Å²) < 4.78 is 43.2. The first kappa shape index (κ1) is 15.3. The third-order valence-electron chi connectivity index (χ3n) is 3.39. The van der Waals surface area contributed by atoms with Gasteiger partial charge in [0.15, 0.2) is 0 Å². The minimum Gasteiger partial charge on any atom is -0.234 e. The highest BCUT2D eigenvalue weighted by atomic mass is 32.2. The van der Waals surface area contributed by atoms with Gasteiger partial charge in [0, 0.05) is 17.5 Å². The number of halogens is 2. The standard InChI is InChI=1S/C15H19F2NOS/c1-10(18-20(19)14(2,3)4)11-6-5-7-13-12(11)8-9-15(13,16)17/h5-7H,8-9H2,1-4H3/b18-10+/t20-/m1/s1. The number of hydrogen-bond donors (Lipinski definition) is 0. The summed E-state index contributed by atoms with van der Waals surface area (Å²) in [5.41, 5.74) is 1.99. The van der Waals surface area contributed by atoms with Gasteiger partial charge < -0.3 is 0 Å². The summed E-state index contributed by atoms with van der Waals surface area (Å²) in [7, 11) is -1.38. The highest BCUT2D eigenvalue weighted by Gasteiger charge is 2.40. The van der Waals surface area contributed by atoms with Crippen molar-refractivity contribution in [3.63, 3.8) is 0 Å². The van der Waals surface area contributed by atoms with Crippen LogP contribution in [0.5, 0.6) is 0 Å². The molecule has 0 saturated carbocycles. The van der Waals surface area contributed by atoms with Gasteiger partial charge in [-0.3, -0.25) is 0 Å². The van der Waals surface area contributed by atoms with Crippen LogP contribution in [-0.2, 0) is 23.3 Å². The Morgan fingerprint density at radius 3 is 2.60 bits per heavy atom. The molecular formula is C15H19F2NOS. The summed E-state index contributed by atoms with van der Waals surface area (Å²) in [6.07, 6.45) is 0.183. The fourth-order valence-corrected chi connectivity index (χ4v) is 2.89. The van der Waals surface area contributed by atoms with E-state index in [1.165, 1.54) is 6.07 Å². The topological polar surface area (TPSA) is 29.4 Å². The van der Waals surface area contributed by atoms with Gasteiger partial charge in [-0.15, -0.1) is 0 Å². The average Bonchev–Trinajstić information content (AvgIpc) is 2.64. The molecule has 0 amide bonds. The third kappa shape index (κ3) is 2.82. The first-order chi connectivity index (χ1) is 9.13. The molecule has 0 unspecified atom stereocenters. The second-order valence-corrected chi connectivity index (χ2v) is 7.98. The van der Waals surface area contributed by atoms with Crippen molar-refractivity contribution in [2.24, 2.45) is 4.40 Å². The van der Waals surface area contributed by atoms with Crippen molar-refractivity contribution >= 4 is 16.7 Å². The Morgan fingerprint density at radius 1 is 1.35 bits per heavy atom. The van der Waals surface area contributed by atoms with Crippen LogP contribution in [0.4, 0.5) is 8.78 Å². The second kappa shape index (κ2) is 5.02. The Hall–Kier alpha value is -1.10. The number of alkyl halides is 2. The van der Waals surface area contributed by atoms with Crippen molar-refractivity contribution < 1.29 is 13.0 Å². The summed E-state index contributed by atoms with van der Waals surface area (Å²) in [4.78, 5) is 0. The SMILES string of the molecule is C/C(=N\[S@](=O)C(C)(C)C)c1cccc2c1CCC2(F)F. The minimum atomic E-state index is -2.76. The monoisotopic (exact) mass is 299 g/mol. The largest absolute Gasteiger partial charge is 0.273 e. The maximum atomic E-state index is 13.7. The smallest absolute Gasteiger partial charge is 0.234 e. The number of benzene rings is 1. The average molecular weight is 299 g/mol. The van der Waals surface area contributed by atoms with Gasteiger partial charge in [0.2, 0.25) is 0 Å². The molecule has 0 radical (unpaired) electrons. The molecule has 1 aliphatic rings. The fourth-order valence-electron chi connectivity index (χ4n) is 2.26. The Balaban J connectivity index is 2.44. The zero-order valence-corrected chi connectivity index (χ0v) is 13.0. The van der Waals surface area contributed by atoms with E-state index in [9.17, 15) is 13.0 Å². The summed E-state index contributed by atoms with van der Waals surface area (Å²) in [5, 5.41) is 0. The molecule has 1 aromatic carbocycles. The lowest BCUT2D eigenvalue weighted by Gasteiger charge is -2.15. The van der Waals surface area contributed by atoms with Gasteiger partial charge in [-0.25, -0.2) is 13.0 Å². The summed E-state index contributed by atoms with van der Waals surface area (Å²) in [6, 6.07) is 4.87. The lowest BCUT2D eigenvalue weighted by molar-refractivity contribution is -0.00184. The van der Waals surface area contributed by atoms with Crippen molar-refractivity contribution in [3.8, 4) is 0 Å². The van der Waals surface area contributed by atoms with Crippen molar-refractivity contribution in [1.29, 1.82) is 0 Å². The highest BCUT2D eigenvalue weighted by molar-refractivity contribution is 7.85. The van der Waals surface area contributed by atoms with Crippen LogP contribution in [-0.4, -0.2) is 14.7 Å². The minimum absolute atomic E-state index is 0.0890. The number of fused-ring (bicyclic) bond motifs is 1. The van der Waals surface area contributed by atoms with Gasteiger partial charge >= 0.3 is 0 Å². The molecule has 5 heteroatoms. The maximum Gasteiger partial charge on any atom is 0.273 e. The molecule has 2 nitrogen and oxygen atoms in total. The Bertz CT molecular complexity index is 588. The molecule has 110 valence electrons. The van der Waals surface area contributed by atoms with Gasteiger partial charge in [0.25, 0.3) is 5.92 Å². The quantitative estimate of drug-likeness (QED) is 0.759. The molecule has 0 aliphatic heterocycles. The summed E-state index contributed by atoms with van der Waals surface area (Å²) in [5.74, 6) is -2.76. The molecule has 0 N–H and O–H groups in total. The van der Waals surface area contributed by atoms with Crippen LogP contribution in [0.2, 0.25) is 0 Å². The van der Waals surface area contributed by atoms with Gasteiger partial charge in [-0.05, 0) is 39.7 Å². The Labute approximate surface area is 120 Å². The van der Waals surface area contributed by atoms with Gasteiger partial charge in [0.1, 0.15) is 11.0 Å². The highest BCUT2D eigenvalue weighted by Crippen LogP contribution is 2.42. The molecule has 0 bridgehead atoms. The van der Waals surface area contributed by atoms with E-state index in [0.29, 0.717) is 23.3 Å². The molecule has 1 aliphatic carbocycles. The normalized spacial score (nSPS) is 19.8. The van der Waals surface area contributed by atoms with Gasteiger partial charge in [-0.1, -0.05) is 18.2 Å². The van der Waals surface area contributed by atoms with Crippen molar-refractivity contribution in [2.75, 3.05) is 0 Å². The van der Waals surface area contributed by atoms with Gasteiger partial charge in [0.05, 0.1) is 10.5 Å². The van der Waals surface area contributed by atoms with Crippen LogP contribution in [0.25, 0.3) is 0 Å². The van der Waals surface area contributed by atoms with Crippen LogP contribution >= 0.6 is 0 Å². The van der Waals surface area contributed by atoms with E-state index >= 15 is 0 Å². The summed E-state index contributed by atoms with van der Waals surface area (Å²) >= 11 is 0. The predicted octanol–water partition coefficient (Wildman–Crippen LogP) is 4.00. The molecular weight excluding hydrogens is 280 g/mol. The number of hydrogen-bond acceptors (Lipinski definition) is 1. The second-order valence-electron chi connectivity index (χ2n) is 6.07. The molecule has 20 heavy (non-hydrogen) atoms. The summed E-state index contributed by atoms with van der Waals surface area (Å²) in [6.45, 7) is 7.24. The van der Waals surface area contributed by atoms with E-state index in [-0.39, 0.29) is 12.0 Å². The molecule has 1 atom stereocenters. The Kier molecular flexibility index (Phi) is 3.84. The lowest BCUT2D eigenvalue weighted by atomic mass is 10.00.